The van der Waals surface area contributed by atoms with E-state index in [-0.39, 0.29) is 36.0 Å². The van der Waals surface area contributed by atoms with Crippen molar-refractivity contribution in [1.29, 1.82) is 0 Å². The fourth-order valence-electron chi connectivity index (χ4n) is 3.43. The van der Waals surface area contributed by atoms with Crippen LogP contribution in [0.5, 0.6) is 11.5 Å². The van der Waals surface area contributed by atoms with E-state index in [4.69, 9.17) is 14.2 Å². The highest BCUT2D eigenvalue weighted by atomic mass is 19.1. The molecule has 0 bridgehead atoms. The fraction of sp³-hybridized carbons (Fsp3) is 0.381. The Labute approximate surface area is 178 Å². The van der Waals surface area contributed by atoms with Gasteiger partial charge in [0.25, 0.3) is 11.6 Å². The number of nitrogens with one attached hydrogen (secondary N) is 1. The van der Waals surface area contributed by atoms with E-state index in [9.17, 15) is 19.3 Å². The predicted octanol–water partition coefficient (Wildman–Crippen LogP) is 3.62. The van der Waals surface area contributed by atoms with Crippen LogP contribution >= 0.6 is 0 Å². The highest BCUT2D eigenvalue weighted by molar-refractivity contribution is 6.09. The molecule has 0 radical (unpaired) electrons. The van der Waals surface area contributed by atoms with E-state index >= 15 is 0 Å². The van der Waals surface area contributed by atoms with Gasteiger partial charge in [-0.1, -0.05) is 6.07 Å². The number of hydrogen-bond donors (Lipinski definition) is 1. The Hall–Kier alpha value is -3.40. The fourth-order valence-corrected chi connectivity index (χ4v) is 3.43. The van der Waals surface area contributed by atoms with Gasteiger partial charge in [0.2, 0.25) is 0 Å². The molecule has 0 spiro atoms. The zero-order valence-electron chi connectivity index (χ0n) is 17.4. The van der Waals surface area contributed by atoms with Gasteiger partial charge in [-0.25, -0.2) is 4.39 Å². The van der Waals surface area contributed by atoms with Gasteiger partial charge in [-0.05, 0) is 25.0 Å². The van der Waals surface area contributed by atoms with Gasteiger partial charge in [0.15, 0.2) is 11.5 Å². The molecule has 0 atom stereocenters. The number of nitro benzene ring substituents is 1. The van der Waals surface area contributed by atoms with Crippen LogP contribution in [0.1, 0.15) is 23.2 Å². The summed E-state index contributed by atoms with van der Waals surface area (Å²) in [4.78, 5) is 25.9. The SMILES string of the molecule is COCCOc1cc([N+](=O)[O-])c(C(=O)Nc2c(F)cccc2N2CCCC2)cc1OC. The second-order valence-corrected chi connectivity index (χ2v) is 6.90. The predicted molar refractivity (Wildman–Crippen MR) is 113 cm³/mol. The average molecular weight is 433 g/mol. The summed E-state index contributed by atoms with van der Waals surface area (Å²) < 4.78 is 30.2. The lowest BCUT2D eigenvalue weighted by Crippen LogP contribution is -2.22. The van der Waals surface area contributed by atoms with E-state index in [1.807, 2.05) is 4.90 Å². The molecule has 0 saturated carbocycles. The Bertz CT molecular complexity index is 962. The number of ether oxygens (including phenoxy) is 3. The molecule has 1 aliphatic rings. The zero-order chi connectivity index (χ0) is 22.4. The first-order valence-corrected chi connectivity index (χ1v) is 9.79. The van der Waals surface area contributed by atoms with Crippen molar-refractivity contribution in [2.24, 2.45) is 0 Å². The Morgan fingerprint density at radius 1 is 1.19 bits per heavy atom. The molecule has 0 aliphatic carbocycles. The minimum atomic E-state index is -0.820. The number of methoxy groups -OCH3 is 2. The normalized spacial score (nSPS) is 13.2. The van der Waals surface area contributed by atoms with Gasteiger partial charge in [-0.2, -0.15) is 0 Å². The largest absolute Gasteiger partial charge is 0.493 e. The number of benzene rings is 2. The maximum Gasteiger partial charge on any atom is 0.286 e. The molecule has 1 aliphatic heterocycles. The first kappa shape index (κ1) is 22.3. The van der Waals surface area contributed by atoms with Gasteiger partial charge in [0, 0.05) is 26.3 Å². The van der Waals surface area contributed by atoms with Crippen molar-refractivity contribution in [2.45, 2.75) is 12.8 Å². The topological polar surface area (TPSA) is 103 Å². The number of rotatable bonds is 9. The first-order chi connectivity index (χ1) is 15.0. The first-order valence-electron chi connectivity index (χ1n) is 9.79. The average Bonchev–Trinajstić information content (AvgIpc) is 3.29. The van der Waals surface area contributed by atoms with Crippen LogP contribution in [0.15, 0.2) is 30.3 Å². The number of hydrogen-bond acceptors (Lipinski definition) is 7. The summed E-state index contributed by atoms with van der Waals surface area (Å²) in [6, 6.07) is 6.84. The molecule has 10 heteroatoms. The van der Waals surface area contributed by atoms with Gasteiger partial charge in [0.05, 0.1) is 30.4 Å². The Balaban J connectivity index is 1.95. The molecular formula is C21H24FN3O6. The maximum absolute atomic E-state index is 14.6. The molecular weight excluding hydrogens is 409 g/mol. The molecule has 0 aromatic heterocycles. The Morgan fingerprint density at radius 3 is 2.58 bits per heavy atom. The van der Waals surface area contributed by atoms with Gasteiger partial charge in [-0.15, -0.1) is 0 Å². The van der Waals surface area contributed by atoms with E-state index in [2.05, 4.69) is 5.32 Å². The molecule has 1 saturated heterocycles. The third kappa shape index (κ3) is 5.02. The number of anilines is 2. The van der Waals surface area contributed by atoms with Gasteiger partial charge >= 0.3 is 0 Å². The number of nitrogens with zero attached hydrogens (tertiary/aromatic N) is 2. The minimum absolute atomic E-state index is 0.0110. The summed E-state index contributed by atoms with van der Waals surface area (Å²) in [5.41, 5.74) is -0.218. The molecule has 1 heterocycles. The van der Waals surface area contributed by atoms with Crippen molar-refractivity contribution in [2.75, 3.05) is 50.7 Å². The molecule has 2 aromatic carbocycles. The molecule has 1 N–H and O–H groups in total. The van der Waals surface area contributed by atoms with E-state index in [1.165, 1.54) is 26.4 Å². The monoisotopic (exact) mass is 433 g/mol. The van der Waals surface area contributed by atoms with Crippen molar-refractivity contribution < 1.29 is 28.3 Å². The van der Waals surface area contributed by atoms with Crippen LogP contribution in [0.2, 0.25) is 0 Å². The Morgan fingerprint density at radius 2 is 1.94 bits per heavy atom. The summed E-state index contributed by atoms with van der Waals surface area (Å²) in [6.07, 6.45) is 1.94. The molecule has 2 aromatic rings. The van der Waals surface area contributed by atoms with Crippen LogP contribution in [0.4, 0.5) is 21.5 Å². The molecule has 9 nitrogen and oxygen atoms in total. The van der Waals surface area contributed by atoms with Crippen LogP contribution in [0.3, 0.4) is 0 Å². The van der Waals surface area contributed by atoms with E-state index < -0.39 is 22.3 Å². The van der Waals surface area contributed by atoms with Crippen LogP contribution in [0.25, 0.3) is 0 Å². The third-order valence-electron chi connectivity index (χ3n) is 4.95. The van der Waals surface area contributed by atoms with Gasteiger partial charge in [-0.3, -0.25) is 14.9 Å². The molecule has 166 valence electrons. The van der Waals surface area contributed by atoms with E-state index in [1.54, 1.807) is 12.1 Å². The zero-order valence-corrected chi connectivity index (χ0v) is 17.4. The molecule has 0 unspecified atom stereocenters. The number of halogens is 1. The van der Waals surface area contributed by atoms with Crippen LogP contribution in [-0.2, 0) is 4.74 Å². The van der Waals surface area contributed by atoms with Crippen LogP contribution in [-0.4, -0.2) is 51.4 Å². The second-order valence-electron chi connectivity index (χ2n) is 6.90. The van der Waals surface area contributed by atoms with Crippen molar-refractivity contribution >= 4 is 23.0 Å². The minimum Gasteiger partial charge on any atom is -0.493 e. The van der Waals surface area contributed by atoms with Crippen LogP contribution in [0, 0.1) is 15.9 Å². The second kappa shape index (κ2) is 10.1. The molecule has 1 fully saturated rings. The summed E-state index contributed by atoms with van der Waals surface area (Å²) in [6.45, 7) is 1.90. The molecule has 1 amide bonds. The lowest BCUT2D eigenvalue weighted by atomic mass is 10.1. The standard InChI is InChI=1S/C21H24FN3O6/c1-29-10-11-31-19-13-17(25(27)28)14(12-18(19)30-2)21(26)23-20-15(22)6-5-7-16(20)24-8-3-4-9-24/h5-7,12-13H,3-4,8-11H2,1-2H3,(H,23,26). The lowest BCUT2D eigenvalue weighted by molar-refractivity contribution is -0.385. The molecule has 31 heavy (non-hydrogen) atoms. The van der Waals surface area contributed by atoms with Crippen molar-refractivity contribution in [1.82, 2.24) is 0 Å². The highest BCUT2D eigenvalue weighted by Crippen LogP contribution is 2.36. The molecule has 3 rings (SSSR count). The Kier molecular flexibility index (Phi) is 7.24. The number of para-hydroxylation sites is 1. The van der Waals surface area contributed by atoms with Crippen molar-refractivity contribution in [3.8, 4) is 11.5 Å². The number of nitro groups is 1. The van der Waals surface area contributed by atoms with Crippen LogP contribution < -0.4 is 19.7 Å². The van der Waals surface area contributed by atoms with Gasteiger partial charge < -0.3 is 24.4 Å². The summed E-state index contributed by atoms with van der Waals surface area (Å²) in [5, 5.41) is 14.1. The van der Waals surface area contributed by atoms with E-state index in [0.29, 0.717) is 5.69 Å². The summed E-state index contributed by atoms with van der Waals surface area (Å²) in [5.74, 6) is -1.20. The summed E-state index contributed by atoms with van der Waals surface area (Å²) >= 11 is 0. The third-order valence-corrected chi connectivity index (χ3v) is 4.95. The van der Waals surface area contributed by atoms with Crippen molar-refractivity contribution in [3.05, 3.63) is 51.8 Å². The highest BCUT2D eigenvalue weighted by Gasteiger charge is 2.27. The summed E-state index contributed by atoms with van der Waals surface area (Å²) in [7, 11) is 2.85. The number of carbonyl (C=O) groups excluding carboxylic acids is 1. The quantitative estimate of drug-likeness (QED) is 0.366. The number of amides is 1. The maximum atomic E-state index is 14.6. The van der Waals surface area contributed by atoms with E-state index in [0.717, 1.165) is 32.0 Å². The van der Waals surface area contributed by atoms with Gasteiger partial charge in [0.1, 0.15) is 23.7 Å². The number of carbonyl (C=O) groups is 1. The van der Waals surface area contributed by atoms with Crippen molar-refractivity contribution in [3.63, 3.8) is 0 Å². The smallest absolute Gasteiger partial charge is 0.286 e. The lowest BCUT2D eigenvalue weighted by Gasteiger charge is -2.22.